The van der Waals surface area contributed by atoms with Gasteiger partial charge in [0.15, 0.2) is 0 Å². The average molecular weight is 370 g/mol. The second-order valence-corrected chi connectivity index (χ2v) is 7.47. The highest BCUT2D eigenvalue weighted by Gasteiger charge is 2.29. The number of hydrogen-bond acceptors (Lipinski definition) is 4. The second-order valence-electron chi connectivity index (χ2n) is 6.62. The van der Waals surface area contributed by atoms with Crippen LogP contribution in [-0.4, -0.2) is 47.8 Å². The number of halogens is 1. The molecule has 1 aliphatic rings. The average Bonchev–Trinajstić information content (AvgIpc) is 2.45. The summed E-state index contributed by atoms with van der Waals surface area (Å²) in [5, 5.41) is 0. The van der Waals surface area contributed by atoms with Crippen molar-refractivity contribution in [1.29, 1.82) is 0 Å². The first-order valence-electron chi connectivity index (χ1n) is 7.59. The Bertz CT molecular complexity index is 522. The summed E-state index contributed by atoms with van der Waals surface area (Å²) < 4.78 is 6.42. The number of amides is 1. The normalized spacial score (nSPS) is 16.5. The summed E-state index contributed by atoms with van der Waals surface area (Å²) in [6.07, 6.45) is 3.41. The van der Waals surface area contributed by atoms with Gasteiger partial charge in [-0.15, -0.1) is 0 Å². The molecule has 2 heterocycles. The van der Waals surface area contributed by atoms with E-state index in [9.17, 15) is 4.79 Å². The fraction of sp³-hybridized carbons (Fsp3) is 0.625. The van der Waals surface area contributed by atoms with Gasteiger partial charge in [-0.25, -0.2) is 9.78 Å². The molecule has 2 rings (SSSR count). The van der Waals surface area contributed by atoms with Gasteiger partial charge in [0.05, 0.1) is 4.47 Å². The van der Waals surface area contributed by atoms with E-state index in [1.807, 2.05) is 32.9 Å². The van der Waals surface area contributed by atoms with Crippen molar-refractivity contribution >= 4 is 27.8 Å². The number of likely N-dealkylation sites (tertiary alicyclic amines) is 1. The third-order valence-electron chi connectivity index (χ3n) is 3.74. The molecule has 0 radical (unpaired) electrons. The van der Waals surface area contributed by atoms with E-state index in [-0.39, 0.29) is 6.09 Å². The number of carbonyl (C=O) groups is 1. The van der Waals surface area contributed by atoms with Crippen molar-refractivity contribution in [3.05, 3.63) is 22.8 Å². The topological polar surface area (TPSA) is 45.7 Å². The van der Waals surface area contributed by atoms with Crippen LogP contribution in [0.15, 0.2) is 22.8 Å². The number of aromatic nitrogens is 1. The van der Waals surface area contributed by atoms with Crippen LogP contribution < -0.4 is 4.90 Å². The second kappa shape index (κ2) is 6.86. The number of ether oxygens (including phenoxy) is 1. The van der Waals surface area contributed by atoms with Gasteiger partial charge >= 0.3 is 6.09 Å². The zero-order valence-corrected chi connectivity index (χ0v) is 15.3. The minimum atomic E-state index is -0.441. The lowest BCUT2D eigenvalue weighted by Gasteiger charge is -2.38. The number of carbonyl (C=O) groups excluding carboxylic acids is 1. The summed E-state index contributed by atoms with van der Waals surface area (Å²) in [4.78, 5) is 20.5. The van der Waals surface area contributed by atoms with Crippen LogP contribution in [0.2, 0.25) is 0 Å². The molecule has 0 aliphatic carbocycles. The Hall–Kier alpha value is -1.30. The van der Waals surface area contributed by atoms with Gasteiger partial charge in [0.1, 0.15) is 11.4 Å². The van der Waals surface area contributed by atoms with Crippen LogP contribution in [0.4, 0.5) is 10.6 Å². The Balaban J connectivity index is 1.92. The lowest BCUT2D eigenvalue weighted by Crippen LogP contribution is -2.47. The van der Waals surface area contributed by atoms with E-state index in [0.717, 1.165) is 23.1 Å². The number of anilines is 1. The van der Waals surface area contributed by atoms with Crippen LogP contribution in [-0.2, 0) is 4.74 Å². The maximum atomic E-state index is 12.1. The molecular weight excluding hydrogens is 346 g/mol. The zero-order valence-electron chi connectivity index (χ0n) is 13.7. The molecule has 0 bridgehead atoms. The first kappa shape index (κ1) is 17.1. The standard InChI is InChI=1S/C16H24BrN3O2/c1-16(2,3)22-15(21)20-10-7-12(8-11-20)19(4)14-13(17)6-5-9-18-14/h5-6,9,12H,7-8,10-11H2,1-4H3. The van der Waals surface area contributed by atoms with E-state index < -0.39 is 5.60 Å². The fourth-order valence-electron chi connectivity index (χ4n) is 2.57. The molecule has 5 nitrogen and oxygen atoms in total. The fourth-order valence-corrected chi connectivity index (χ4v) is 3.11. The molecule has 1 fully saturated rings. The summed E-state index contributed by atoms with van der Waals surface area (Å²) in [7, 11) is 2.06. The van der Waals surface area contributed by atoms with Crippen molar-refractivity contribution in [3.8, 4) is 0 Å². The predicted molar refractivity (Wildman–Crippen MR) is 91.2 cm³/mol. The number of pyridine rings is 1. The van der Waals surface area contributed by atoms with Gasteiger partial charge < -0.3 is 14.5 Å². The van der Waals surface area contributed by atoms with Gasteiger partial charge in [0.2, 0.25) is 0 Å². The Labute approximate surface area is 140 Å². The minimum absolute atomic E-state index is 0.215. The Morgan fingerprint density at radius 1 is 1.41 bits per heavy atom. The van der Waals surface area contributed by atoms with E-state index in [0.29, 0.717) is 19.1 Å². The molecule has 0 spiro atoms. The molecule has 1 aliphatic heterocycles. The maximum absolute atomic E-state index is 12.1. The smallest absolute Gasteiger partial charge is 0.410 e. The first-order chi connectivity index (χ1) is 10.3. The first-order valence-corrected chi connectivity index (χ1v) is 8.38. The molecule has 0 atom stereocenters. The quantitative estimate of drug-likeness (QED) is 0.797. The molecule has 0 N–H and O–H groups in total. The summed E-state index contributed by atoms with van der Waals surface area (Å²) in [5.41, 5.74) is -0.441. The number of piperidine rings is 1. The van der Waals surface area contributed by atoms with Crippen LogP contribution >= 0.6 is 15.9 Å². The van der Waals surface area contributed by atoms with E-state index in [4.69, 9.17) is 4.74 Å². The van der Waals surface area contributed by atoms with Crippen LogP contribution in [0.25, 0.3) is 0 Å². The van der Waals surface area contributed by atoms with Crippen molar-refractivity contribution in [2.24, 2.45) is 0 Å². The molecule has 122 valence electrons. The monoisotopic (exact) mass is 369 g/mol. The lowest BCUT2D eigenvalue weighted by molar-refractivity contribution is 0.0205. The number of hydrogen-bond donors (Lipinski definition) is 0. The number of rotatable bonds is 2. The molecule has 1 aromatic rings. The number of nitrogens with zero attached hydrogens (tertiary/aromatic N) is 3. The summed E-state index contributed by atoms with van der Waals surface area (Å²) in [6, 6.07) is 4.28. The Kier molecular flexibility index (Phi) is 5.32. The van der Waals surface area contributed by atoms with Crippen LogP contribution in [0.3, 0.4) is 0 Å². The molecule has 1 amide bonds. The Morgan fingerprint density at radius 3 is 2.59 bits per heavy atom. The molecule has 0 aromatic carbocycles. The highest BCUT2D eigenvalue weighted by molar-refractivity contribution is 9.10. The maximum Gasteiger partial charge on any atom is 0.410 e. The van der Waals surface area contributed by atoms with Gasteiger partial charge in [-0.2, -0.15) is 0 Å². The van der Waals surface area contributed by atoms with Gasteiger partial charge in [-0.05, 0) is 61.7 Å². The van der Waals surface area contributed by atoms with Crippen molar-refractivity contribution in [3.63, 3.8) is 0 Å². The molecule has 0 saturated carbocycles. The van der Waals surface area contributed by atoms with E-state index >= 15 is 0 Å². The predicted octanol–water partition coefficient (Wildman–Crippen LogP) is 3.68. The van der Waals surface area contributed by atoms with Crippen molar-refractivity contribution in [2.75, 3.05) is 25.0 Å². The van der Waals surface area contributed by atoms with Crippen molar-refractivity contribution in [1.82, 2.24) is 9.88 Å². The van der Waals surface area contributed by atoms with Gasteiger partial charge in [0, 0.05) is 32.4 Å². The lowest BCUT2D eigenvalue weighted by atomic mass is 10.0. The van der Waals surface area contributed by atoms with Crippen LogP contribution in [0.1, 0.15) is 33.6 Å². The SMILES string of the molecule is CN(c1ncccc1Br)C1CCN(C(=O)OC(C)(C)C)CC1. The van der Waals surface area contributed by atoms with Gasteiger partial charge in [-0.3, -0.25) is 0 Å². The highest BCUT2D eigenvalue weighted by atomic mass is 79.9. The minimum Gasteiger partial charge on any atom is -0.444 e. The molecule has 6 heteroatoms. The van der Waals surface area contributed by atoms with Crippen LogP contribution in [0, 0.1) is 0 Å². The Morgan fingerprint density at radius 2 is 2.05 bits per heavy atom. The van der Waals surface area contributed by atoms with Gasteiger partial charge in [0.25, 0.3) is 0 Å². The third kappa shape index (κ3) is 4.35. The molecule has 0 unspecified atom stereocenters. The summed E-state index contributed by atoms with van der Waals surface area (Å²) in [6.45, 7) is 7.11. The highest BCUT2D eigenvalue weighted by Crippen LogP contribution is 2.27. The molecule has 22 heavy (non-hydrogen) atoms. The summed E-state index contributed by atoms with van der Waals surface area (Å²) in [5.74, 6) is 0.943. The molecule has 1 saturated heterocycles. The molecular formula is C16H24BrN3O2. The van der Waals surface area contributed by atoms with Crippen molar-refractivity contribution < 1.29 is 9.53 Å². The molecule has 1 aromatic heterocycles. The summed E-state index contributed by atoms with van der Waals surface area (Å²) >= 11 is 3.54. The zero-order chi connectivity index (χ0) is 16.3. The largest absolute Gasteiger partial charge is 0.444 e. The third-order valence-corrected chi connectivity index (χ3v) is 4.36. The van der Waals surface area contributed by atoms with Crippen LogP contribution in [0.5, 0.6) is 0 Å². The van der Waals surface area contributed by atoms with Gasteiger partial charge in [-0.1, -0.05) is 0 Å². The van der Waals surface area contributed by atoms with Crippen molar-refractivity contribution in [2.45, 2.75) is 45.3 Å². The van der Waals surface area contributed by atoms with E-state index in [1.54, 1.807) is 11.1 Å². The van der Waals surface area contributed by atoms with E-state index in [1.165, 1.54) is 0 Å². The van der Waals surface area contributed by atoms with E-state index in [2.05, 4.69) is 32.9 Å².